The van der Waals surface area contributed by atoms with Crippen molar-refractivity contribution in [3.63, 3.8) is 0 Å². The van der Waals surface area contributed by atoms with Gasteiger partial charge in [0.05, 0.1) is 31.9 Å². The fraction of sp³-hybridized carbons (Fsp3) is 0.300. The molecule has 1 unspecified atom stereocenters. The van der Waals surface area contributed by atoms with Crippen LogP contribution in [0, 0.1) is 0 Å². The zero-order valence-corrected chi connectivity index (χ0v) is 22.0. The van der Waals surface area contributed by atoms with E-state index in [2.05, 4.69) is 5.32 Å². The van der Waals surface area contributed by atoms with Crippen LogP contribution >= 0.6 is 0 Å². The molecule has 0 aliphatic rings. The van der Waals surface area contributed by atoms with Gasteiger partial charge in [0.15, 0.2) is 0 Å². The van der Waals surface area contributed by atoms with Crippen molar-refractivity contribution in [1.82, 2.24) is 9.88 Å². The van der Waals surface area contributed by atoms with Crippen molar-refractivity contribution in [3.05, 3.63) is 83.2 Å². The Hall–Kier alpha value is -4.01. The van der Waals surface area contributed by atoms with E-state index in [1.165, 1.54) is 0 Å². The Labute approximate surface area is 222 Å². The van der Waals surface area contributed by atoms with E-state index in [1.54, 1.807) is 31.9 Å². The van der Waals surface area contributed by atoms with E-state index in [-0.39, 0.29) is 12.2 Å². The summed E-state index contributed by atoms with van der Waals surface area (Å²) in [6.45, 7) is 1.89. The van der Waals surface area contributed by atoms with Crippen LogP contribution < -0.4 is 29.8 Å². The summed E-state index contributed by atoms with van der Waals surface area (Å²) in [5.41, 5.74) is 1.70. The molecule has 1 atom stereocenters. The van der Waals surface area contributed by atoms with Gasteiger partial charge in [-0.25, -0.2) is 0 Å². The van der Waals surface area contributed by atoms with Crippen LogP contribution in [0.4, 0.5) is 0 Å². The van der Waals surface area contributed by atoms with Crippen molar-refractivity contribution in [2.45, 2.75) is 12.5 Å². The predicted octanol–water partition coefficient (Wildman–Crippen LogP) is 4.02. The number of hydrogen-bond donors (Lipinski definition) is 2. The van der Waals surface area contributed by atoms with Gasteiger partial charge in [-0.15, -0.1) is 0 Å². The molecule has 1 heterocycles. The minimum absolute atomic E-state index is 0.0679. The molecule has 0 fully saturated rings. The molecule has 0 spiro atoms. The highest BCUT2D eigenvalue weighted by Gasteiger charge is 2.10. The van der Waals surface area contributed by atoms with E-state index < -0.39 is 6.10 Å². The van der Waals surface area contributed by atoms with Crippen molar-refractivity contribution in [1.29, 1.82) is 0 Å². The molecule has 200 valence electrons. The van der Waals surface area contributed by atoms with E-state index in [1.807, 2.05) is 66.7 Å². The maximum absolute atomic E-state index is 12.9. The summed E-state index contributed by atoms with van der Waals surface area (Å²) in [5, 5.41) is 14.8. The molecule has 8 nitrogen and oxygen atoms in total. The number of aliphatic hydroxyl groups excluding tert-OH is 1. The minimum atomic E-state index is -0.612. The van der Waals surface area contributed by atoms with Gasteiger partial charge in [0, 0.05) is 13.6 Å². The van der Waals surface area contributed by atoms with E-state index in [9.17, 15) is 9.90 Å². The lowest BCUT2D eigenvalue weighted by atomic mass is 10.1. The van der Waals surface area contributed by atoms with Crippen LogP contribution in [0.15, 0.2) is 77.6 Å². The van der Waals surface area contributed by atoms with Gasteiger partial charge in [0.25, 0.3) is 5.56 Å². The number of hydrogen-bond acceptors (Lipinski definition) is 7. The Bertz CT molecular complexity index is 1380. The van der Waals surface area contributed by atoms with Crippen LogP contribution in [-0.4, -0.2) is 56.3 Å². The number of aliphatic hydroxyl groups is 1. The molecule has 8 heteroatoms. The van der Waals surface area contributed by atoms with Gasteiger partial charge < -0.3 is 33.9 Å². The SMILES string of the molecule is COc1ccc(OCC(O)CNCCCOc2ccc(-c3cc4ccc(OC)cc4c(=O)n3C)cc2)cc1. The number of benzene rings is 3. The first-order valence-corrected chi connectivity index (χ1v) is 12.5. The second-order valence-corrected chi connectivity index (χ2v) is 8.92. The Balaban J connectivity index is 1.20. The maximum atomic E-state index is 12.9. The first kappa shape index (κ1) is 27.0. The average molecular weight is 519 g/mol. The van der Waals surface area contributed by atoms with Gasteiger partial charge in [-0.1, -0.05) is 6.07 Å². The van der Waals surface area contributed by atoms with Crippen LogP contribution in [0.2, 0.25) is 0 Å². The first-order valence-electron chi connectivity index (χ1n) is 12.5. The van der Waals surface area contributed by atoms with Crippen LogP contribution in [0.25, 0.3) is 22.0 Å². The molecule has 0 amide bonds. The number of aromatic nitrogens is 1. The van der Waals surface area contributed by atoms with Crippen molar-refractivity contribution in [3.8, 4) is 34.3 Å². The summed E-state index contributed by atoms with van der Waals surface area (Å²) in [6.07, 6.45) is 0.176. The van der Waals surface area contributed by atoms with Gasteiger partial charge in [0.1, 0.15) is 35.7 Å². The molecule has 4 rings (SSSR count). The predicted molar refractivity (Wildman–Crippen MR) is 149 cm³/mol. The average Bonchev–Trinajstić information content (AvgIpc) is 2.96. The zero-order chi connectivity index (χ0) is 26.9. The number of methoxy groups -OCH3 is 2. The van der Waals surface area contributed by atoms with Gasteiger partial charge in [-0.2, -0.15) is 0 Å². The van der Waals surface area contributed by atoms with Crippen LogP contribution in [0.3, 0.4) is 0 Å². The normalized spacial score (nSPS) is 11.8. The summed E-state index contributed by atoms with van der Waals surface area (Å²) in [5.74, 6) is 2.87. The Morgan fingerprint density at radius 2 is 1.47 bits per heavy atom. The number of rotatable bonds is 13. The zero-order valence-electron chi connectivity index (χ0n) is 22.0. The molecule has 0 aliphatic carbocycles. The van der Waals surface area contributed by atoms with Crippen LogP contribution in [-0.2, 0) is 7.05 Å². The highest BCUT2D eigenvalue weighted by molar-refractivity contribution is 5.86. The highest BCUT2D eigenvalue weighted by atomic mass is 16.5. The molecule has 1 aromatic heterocycles. The van der Waals surface area contributed by atoms with Crippen molar-refractivity contribution in [2.24, 2.45) is 7.05 Å². The molecule has 3 aromatic carbocycles. The van der Waals surface area contributed by atoms with Crippen LogP contribution in [0.1, 0.15) is 6.42 Å². The largest absolute Gasteiger partial charge is 0.497 e. The fourth-order valence-electron chi connectivity index (χ4n) is 4.09. The standard InChI is InChI=1S/C30H34N2O6/c1-32-29(17-22-7-10-27(36-3)18-28(22)30(32)34)21-5-8-25(9-6-21)37-16-4-15-31-19-23(33)20-38-26-13-11-24(35-2)12-14-26/h5-14,17-18,23,31,33H,4,15-16,19-20H2,1-3H3. The highest BCUT2D eigenvalue weighted by Crippen LogP contribution is 2.26. The number of nitrogens with zero attached hydrogens (tertiary/aromatic N) is 1. The number of ether oxygens (including phenoxy) is 4. The second kappa shape index (κ2) is 13.0. The molecule has 0 bridgehead atoms. The molecule has 4 aromatic rings. The van der Waals surface area contributed by atoms with Gasteiger partial charge >= 0.3 is 0 Å². The molecule has 0 aliphatic heterocycles. The Morgan fingerprint density at radius 1 is 0.842 bits per heavy atom. The molecular formula is C30H34N2O6. The number of fused-ring (bicyclic) bond motifs is 1. The third kappa shape index (κ3) is 6.85. The summed E-state index contributed by atoms with van der Waals surface area (Å²) < 4.78 is 23.5. The molecule has 2 N–H and O–H groups in total. The Morgan fingerprint density at radius 3 is 2.18 bits per heavy atom. The van der Waals surface area contributed by atoms with Crippen LogP contribution in [0.5, 0.6) is 23.0 Å². The third-order valence-corrected chi connectivity index (χ3v) is 6.25. The fourth-order valence-corrected chi connectivity index (χ4v) is 4.09. The molecular weight excluding hydrogens is 484 g/mol. The lowest BCUT2D eigenvalue weighted by Crippen LogP contribution is -2.32. The number of pyridine rings is 1. The summed E-state index contributed by atoms with van der Waals surface area (Å²) in [7, 11) is 4.98. The van der Waals surface area contributed by atoms with Crippen molar-refractivity contribution >= 4 is 10.8 Å². The Kier molecular flexibility index (Phi) is 9.24. The molecule has 0 saturated heterocycles. The summed E-state index contributed by atoms with van der Waals surface area (Å²) in [6, 6.07) is 22.5. The van der Waals surface area contributed by atoms with Crippen molar-refractivity contribution < 1.29 is 24.1 Å². The van der Waals surface area contributed by atoms with Gasteiger partial charge in [-0.3, -0.25) is 4.79 Å². The second-order valence-electron chi connectivity index (χ2n) is 8.92. The number of nitrogens with one attached hydrogen (secondary N) is 1. The van der Waals surface area contributed by atoms with E-state index in [0.717, 1.165) is 34.6 Å². The minimum Gasteiger partial charge on any atom is -0.497 e. The van der Waals surface area contributed by atoms with Gasteiger partial charge in [0.2, 0.25) is 0 Å². The van der Waals surface area contributed by atoms with Crippen molar-refractivity contribution in [2.75, 3.05) is 40.5 Å². The lowest BCUT2D eigenvalue weighted by molar-refractivity contribution is 0.106. The summed E-state index contributed by atoms with van der Waals surface area (Å²) in [4.78, 5) is 12.9. The smallest absolute Gasteiger partial charge is 0.258 e. The van der Waals surface area contributed by atoms with E-state index in [4.69, 9.17) is 18.9 Å². The monoisotopic (exact) mass is 518 g/mol. The van der Waals surface area contributed by atoms with E-state index >= 15 is 0 Å². The summed E-state index contributed by atoms with van der Waals surface area (Å²) >= 11 is 0. The third-order valence-electron chi connectivity index (χ3n) is 6.25. The molecule has 0 saturated carbocycles. The quantitative estimate of drug-likeness (QED) is 0.258. The molecule has 38 heavy (non-hydrogen) atoms. The lowest BCUT2D eigenvalue weighted by Gasteiger charge is -2.14. The first-order chi connectivity index (χ1) is 18.5. The topological polar surface area (TPSA) is 91.2 Å². The molecule has 0 radical (unpaired) electrons. The van der Waals surface area contributed by atoms with Gasteiger partial charge in [-0.05, 0) is 90.6 Å². The van der Waals surface area contributed by atoms with E-state index in [0.29, 0.717) is 36.6 Å². The maximum Gasteiger partial charge on any atom is 0.258 e.